The van der Waals surface area contributed by atoms with Crippen LogP contribution in [0.2, 0.25) is 0 Å². The first-order valence-corrected chi connectivity index (χ1v) is 6.20. The number of nitrogens with one attached hydrogen (secondary N) is 2. The fraction of sp³-hybridized carbons (Fsp3) is 0.462. The molecule has 0 unspecified atom stereocenters. The number of guanidine groups is 1. The Morgan fingerprint density at radius 1 is 1.14 bits per heavy atom. The van der Waals surface area contributed by atoms with E-state index in [1.165, 1.54) is 7.05 Å². The van der Waals surface area contributed by atoms with Gasteiger partial charge in [0.25, 0.3) is 0 Å². The summed E-state index contributed by atoms with van der Waals surface area (Å²) in [5.74, 6) is 1.07. The second-order valence-electron chi connectivity index (χ2n) is 3.95. The van der Waals surface area contributed by atoms with Gasteiger partial charge in [-0.25, -0.2) is 0 Å². The average molecular weight is 417 g/mol. The Labute approximate surface area is 139 Å². The van der Waals surface area contributed by atoms with Gasteiger partial charge in [0.2, 0.25) is 0 Å². The van der Waals surface area contributed by atoms with Crippen LogP contribution in [-0.2, 0) is 0 Å². The molecule has 0 spiro atoms. The van der Waals surface area contributed by atoms with Crippen molar-refractivity contribution in [2.75, 3.05) is 26.7 Å². The van der Waals surface area contributed by atoms with Gasteiger partial charge in [-0.3, -0.25) is 4.99 Å². The lowest BCUT2D eigenvalue weighted by atomic mass is 10.3. The largest absolute Gasteiger partial charge is 0.492 e. The molecule has 0 saturated carbocycles. The smallest absolute Gasteiger partial charge is 0.390 e. The Bertz CT molecular complexity index is 413. The van der Waals surface area contributed by atoms with Crippen molar-refractivity contribution >= 4 is 29.9 Å². The second-order valence-corrected chi connectivity index (χ2v) is 3.95. The molecule has 0 aliphatic rings. The van der Waals surface area contributed by atoms with Crippen molar-refractivity contribution < 1.29 is 17.9 Å². The summed E-state index contributed by atoms with van der Waals surface area (Å²) in [6.07, 6.45) is -5.06. The number of ether oxygens (including phenoxy) is 1. The van der Waals surface area contributed by atoms with E-state index < -0.39 is 12.6 Å². The number of alkyl halides is 3. The van der Waals surface area contributed by atoms with E-state index in [-0.39, 0.29) is 30.5 Å². The zero-order chi connectivity index (χ0) is 14.8. The number of hydrogen-bond acceptors (Lipinski definition) is 2. The molecule has 0 aliphatic carbocycles. The Hall–Kier alpha value is -1.19. The van der Waals surface area contributed by atoms with Gasteiger partial charge in [0.15, 0.2) is 5.96 Å². The van der Waals surface area contributed by atoms with E-state index in [2.05, 4.69) is 15.6 Å². The van der Waals surface area contributed by atoms with Gasteiger partial charge < -0.3 is 15.4 Å². The van der Waals surface area contributed by atoms with Crippen LogP contribution in [0.1, 0.15) is 6.42 Å². The third-order valence-electron chi connectivity index (χ3n) is 2.33. The molecule has 0 amide bonds. The van der Waals surface area contributed by atoms with Crippen molar-refractivity contribution in [3.8, 4) is 5.75 Å². The van der Waals surface area contributed by atoms with E-state index in [0.29, 0.717) is 19.1 Å². The molecule has 4 nitrogen and oxygen atoms in total. The van der Waals surface area contributed by atoms with Gasteiger partial charge in [0.1, 0.15) is 12.4 Å². The molecule has 8 heteroatoms. The van der Waals surface area contributed by atoms with Gasteiger partial charge in [0.05, 0.1) is 13.0 Å². The van der Waals surface area contributed by atoms with Crippen LogP contribution in [0.3, 0.4) is 0 Å². The lowest BCUT2D eigenvalue weighted by Gasteiger charge is -2.13. The highest BCUT2D eigenvalue weighted by Crippen LogP contribution is 2.17. The summed E-state index contributed by atoms with van der Waals surface area (Å²) >= 11 is 0. The van der Waals surface area contributed by atoms with Crippen molar-refractivity contribution in [2.24, 2.45) is 4.99 Å². The first-order valence-electron chi connectivity index (χ1n) is 6.20. The minimum atomic E-state index is -4.16. The molecule has 0 saturated heterocycles. The van der Waals surface area contributed by atoms with Crippen molar-refractivity contribution in [1.29, 1.82) is 0 Å². The number of para-hydroxylation sites is 1. The predicted octanol–water partition coefficient (Wildman–Crippen LogP) is 2.80. The summed E-state index contributed by atoms with van der Waals surface area (Å²) in [4.78, 5) is 3.82. The van der Waals surface area contributed by atoms with Crippen LogP contribution in [0.5, 0.6) is 5.75 Å². The molecule has 1 aromatic carbocycles. The molecule has 0 radical (unpaired) electrons. The van der Waals surface area contributed by atoms with Crippen molar-refractivity contribution in [3.05, 3.63) is 30.3 Å². The van der Waals surface area contributed by atoms with Gasteiger partial charge >= 0.3 is 6.18 Å². The molecule has 0 atom stereocenters. The van der Waals surface area contributed by atoms with Crippen LogP contribution in [0, 0.1) is 0 Å². The molecular weight excluding hydrogens is 398 g/mol. The molecule has 0 aliphatic heterocycles. The number of hydrogen-bond donors (Lipinski definition) is 2. The zero-order valence-corrected chi connectivity index (χ0v) is 13.9. The summed E-state index contributed by atoms with van der Waals surface area (Å²) in [7, 11) is 1.50. The first kappa shape index (κ1) is 19.8. The fourth-order valence-electron chi connectivity index (χ4n) is 1.40. The van der Waals surface area contributed by atoms with Crippen molar-refractivity contribution in [2.45, 2.75) is 12.6 Å². The van der Waals surface area contributed by atoms with Gasteiger partial charge in [0, 0.05) is 13.6 Å². The maximum Gasteiger partial charge on any atom is 0.390 e. The Morgan fingerprint density at radius 3 is 2.33 bits per heavy atom. The summed E-state index contributed by atoms with van der Waals surface area (Å²) in [5, 5.41) is 5.46. The maximum atomic E-state index is 12.0. The number of benzene rings is 1. The van der Waals surface area contributed by atoms with E-state index >= 15 is 0 Å². The third kappa shape index (κ3) is 10.2. The maximum absolute atomic E-state index is 12.0. The van der Waals surface area contributed by atoms with E-state index in [1.54, 1.807) is 0 Å². The van der Waals surface area contributed by atoms with Crippen LogP contribution < -0.4 is 15.4 Å². The number of nitrogens with zero attached hydrogens (tertiary/aromatic N) is 1. The topological polar surface area (TPSA) is 45.7 Å². The van der Waals surface area contributed by atoms with E-state index in [4.69, 9.17) is 4.74 Å². The summed E-state index contributed by atoms with van der Waals surface area (Å²) < 4.78 is 41.4. The summed E-state index contributed by atoms with van der Waals surface area (Å²) in [6.45, 7) is 0.632. The molecule has 1 aromatic rings. The monoisotopic (exact) mass is 417 g/mol. The molecule has 120 valence electrons. The van der Waals surface area contributed by atoms with Gasteiger partial charge in [-0.2, -0.15) is 13.2 Å². The molecule has 2 N–H and O–H groups in total. The molecule has 0 bridgehead atoms. The Kier molecular flexibility index (Phi) is 9.93. The lowest BCUT2D eigenvalue weighted by Crippen LogP contribution is -2.40. The molecule has 1 rings (SSSR count). The highest BCUT2D eigenvalue weighted by atomic mass is 127. The highest BCUT2D eigenvalue weighted by Gasteiger charge is 2.26. The van der Waals surface area contributed by atoms with Crippen LogP contribution in [0.4, 0.5) is 13.2 Å². The van der Waals surface area contributed by atoms with E-state index in [0.717, 1.165) is 5.75 Å². The van der Waals surface area contributed by atoms with Crippen molar-refractivity contribution in [3.63, 3.8) is 0 Å². The normalized spacial score (nSPS) is 11.5. The molecular formula is C13H19F3IN3O. The van der Waals surface area contributed by atoms with E-state index in [1.807, 2.05) is 30.3 Å². The number of rotatable bonds is 6. The highest BCUT2D eigenvalue weighted by molar-refractivity contribution is 14.0. The predicted molar refractivity (Wildman–Crippen MR) is 87.4 cm³/mol. The van der Waals surface area contributed by atoms with Gasteiger partial charge in [-0.1, -0.05) is 18.2 Å². The second kappa shape index (κ2) is 10.5. The van der Waals surface area contributed by atoms with Crippen LogP contribution in [0.25, 0.3) is 0 Å². The zero-order valence-electron chi connectivity index (χ0n) is 11.6. The summed E-state index contributed by atoms with van der Waals surface area (Å²) in [5.41, 5.74) is 0. The first-order chi connectivity index (χ1) is 9.51. The van der Waals surface area contributed by atoms with E-state index in [9.17, 15) is 13.2 Å². The summed E-state index contributed by atoms with van der Waals surface area (Å²) in [6, 6.07) is 9.27. The minimum Gasteiger partial charge on any atom is -0.492 e. The average Bonchev–Trinajstić information content (AvgIpc) is 2.41. The Balaban J connectivity index is 0.00000400. The standard InChI is InChI=1S/C13H18F3N3O.HI/c1-17-12(18-8-7-13(14,15)16)19-9-10-20-11-5-3-2-4-6-11;/h2-6H,7-10H2,1H3,(H2,17,18,19);1H. The fourth-order valence-corrected chi connectivity index (χ4v) is 1.40. The number of halogens is 4. The lowest BCUT2D eigenvalue weighted by molar-refractivity contribution is -0.132. The van der Waals surface area contributed by atoms with Crippen LogP contribution >= 0.6 is 24.0 Å². The Morgan fingerprint density at radius 2 is 1.76 bits per heavy atom. The molecule has 0 fully saturated rings. The van der Waals surface area contributed by atoms with Crippen molar-refractivity contribution in [1.82, 2.24) is 10.6 Å². The minimum absolute atomic E-state index is 0. The molecule has 0 heterocycles. The van der Waals surface area contributed by atoms with Crippen LogP contribution in [-0.4, -0.2) is 38.9 Å². The number of aliphatic imine (C=N–C) groups is 1. The third-order valence-corrected chi connectivity index (χ3v) is 2.33. The van der Waals surface area contributed by atoms with Gasteiger partial charge in [-0.15, -0.1) is 24.0 Å². The molecule has 0 aromatic heterocycles. The molecule has 21 heavy (non-hydrogen) atoms. The van der Waals surface area contributed by atoms with Gasteiger partial charge in [-0.05, 0) is 12.1 Å². The van der Waals surface area contributed by atoms with Crippen LogP contribution in [0.15, 0.2) is 35.3 Å². The quantitative estimate of drug-likeness (QED) is 0.324. The SMILES string of the molecule is CN=C(NCCOc1ccccc1)NCCC(F)(F)F.I.